The second-order valence-electron chi connectivity index (χ2n) is 16.4. The zero-order chi connectivity index (χ0) is 40.7. The third-order valence-electron chi connectivity index (χ3n) is 9.73. The highest BCUT2D eigenvalue weighted by Gasteiger charge is 2.27. The van der Waals surface area contributed by atoms with Crippen LogP contribution in [0.4, 0.5) is 0 Å². The quantitative estimate of drug-likeness (QED) is 0.0214. The highest BCUT2D eigenvalue weighted by atomic mass is 31.2. The molecule has 0 fully saturated rings. The third-order valence-corrected chi connectivity index (χ3v) is 10.7. The van der Waals surface area contributed by atoms with E-state index in [0.717, 1.165) is 57.8 Å². The number of carbonyl (C=O) groups excluding carboxylic acids is 2. The summed E-state index contributed by atoms with van der Waals surface area (Å²) >= 11 is 0. The van der Waals surface area contributed by atoms with Gasteiger partial charge in [0.15, 0.2) is 6.10 Å². The second-order valence-corrected chi connectivity index (χ2v) is 17.9. The molecule has 0 aliphatic heterocycles. The van der Waals surface area contributed by atoms with Crippen LogP contribution in [-0.2, 0) is 32.7 Å². The number of hydrogen-bond donors (Lipinski definition) is 1. The summed E-state index contributed by atoms with van der Waals surface area (Å²) in [6.45, 7) is 4.38. The van der Waals surface area contributed by atoms with Gasteiger partial charge in [0.2, 0.25) is 0 Å². The first-order chi connectivity index (χ1) is 26.5. The maximum absolute atomic E-state index is 12.7. The van der Waals surface area contributed by atoms with Crippen molar-refractivity contribution in [3.8, 4) is 0 Å². The van der Waals surface area contributed by atoms with Crippen molar-refractivity contribution in [1.82, 2.24) is 0 Å². The minimum Gasteiger partial charge on any atom is -0.462 e. The monoisotopic (exact) mass is 801 g/mol. The Morgan fingerprint density at radius 2 is 1.00 bits per heavy atom. The molecule has 0 amide bonds. The minimum atomic E-state index is -4.37. The average Bonchev–Trinajstić information content (AvgIpc) is 3.13. The zero-order valence-electron chi connectivity index (χ0n) is 36.4. The summed E-state index contributed by atoms with van der Waals surface area (Å²) in [5, 5.41) is 0. The molecule has 0 aliphatic carbocycles. The third kappa shape index (κ3) is 41.9. The summed E-state index contributed by atoms with van der Waals surface area (Å²) in [6, 6.07) is 0. The second kappa shape index (κ2) is 38.0. The molecule has 55 heavy (non-hydrogen) atoms. The Labute approximate surface area is 339 Å². The molecule has 0 aliphatic rings. The summed E-state index contributed by atoms with van der Waals surface area (Å²) in [5.74, 6) is -0.807. The fourth-order valence-electron chi connectivity index (χ4n) is 6.15. The molecule has 0 aromatic heterocycles. The van der Waals surface area contributed by atoms with Crippen LogP contribution >= 0.6 is 7.82 Å². The largest absolute Gasteiger partial charge is 0.472 e. The van der Waals surface area contributed by atoms with Crippen LogP contribution in [0.5, 0.6) is 0 Å². The smallest absolute Gasteiger partial charge is 0.462 e. The summed E-state index contributed by atoms with van der Waals surface area (Å²) in [5.41, 5.74) is 0. The van der Waals surface area contributed by atoms with Crippen molar-refractivity contribution >= 4 is 19.8 Å². The Balaban J connectivity index is 4.33. The maximum Gasteiger partial charge on any atom is 0.472 e. The molecule has 0 aromatic carbocycles. The van der Waals surface area contributed by atoms with Gasteiger partial charge in [-0.2, -0.15) is 0 Å². The lowest BCUT2D eigenvalue weighted by molar-refractivity contribution is -0.870. The van der Waals surface area contributed by atoms with Crippen LogP contribution in [0.2, 0.25) is 0 Å². The zero-order valence-corrected chi connectivity index (χ0v) is 37.3. The lowest BCUT2D eigenvalue weighted by atomic mass is 10.0. The van der Waals surface area contributed by atoms with Gasteiger partial charge >= 0.3 is 19.8 Å². The van der Waals surface area contributed by atoms with Crippen molar-refractivity contribution in [2.45, 2.75) is 206 Å². The fraction of sp³-hybridized carbons (Fsp3) is 0.867. The van der Waals surface area contributed by atoms with Crippen LogP contribution in [0, 0.1) is 0 Å². The fourth-order valence-corrected chi connectivity index (χ4v) is 6.89. The highest BCUT2D eigenvalue weighted by molar-refractivity contribution is 7.47. The number of hydrogen-bond acceptors (Lipinski definition) is 7. The number of quaternary nitrogens is 1. The molecule has 0 saturated heterocycles. The van der Waals surface area contributed by atoms with Gasteiger partial charge in [0, 0.05) is 12.8 Å². The Bertz CT molecular complexity index is 996. The molecule has 0 radical (unpaired) electrons. The van der Waals surface area contributed by atoms with Gasteiger partial charge in [0.25, 0.3) is 0 Å². The molecule has 1 unspecified atom stereocenters. The number of ether oxygens (including phenoxy) is 2. The van der Waals surface area contributed by atoms with Crippen LogP contribution < -0.4 is 0 Å². The van der Waals surface area contributed by atoms with Gasteiger partial charge in [-0.15, -0.1) is 0 Å². The Kier molecular flexibility index (Phi) is 37.0. The Hall–Kier alpha value is -1.51. The average molecular weight is 801 g/mol. The molecule has 1 N–H and O–H groups in total. The SMILES string of the molecule is CCCC/C=C\C/C=C\CCCCCCCC(=O)OC[C@H](COP(=O)(O)OCC[N+](C)(C)C)OC(=O)CCCCCCCCCCCCCCCCCCC. The van der Waals surface area contributed by atoms with Crippen LogP contribution in [0.1, 0.15) is 200 Å². The number of allylic oxidation sites excluding steroid dienone is 4. The van der Waals surface area contributed by atoms with Crippen molar-refractivity contribution < 1.29 is 42.1 Å². The van der Waals surface area contributed by atoms with Crippen molar-refractivity contribution in [1.29, 1.82) is 0 Å². The number of carbonyl (C=O) groups is 2. The molecule has 0 spiro atoms. The van der Waals surface area contributed by atoms with Gasteiger partial charge in [0.05, 0.1) is 27.7 Å². The van der Waals surface area contributed by atoms with E-state index in [1.807, 2.05) is 21.1 Å². The van der Waals surface area contributed by atoms with Gasteiger partial charge in [-0.1, -0.05) is 173 Å². The van der Waals surface area contributed by atoms with E-state index >= 15 is 0 Å². The molecule has 0 bridgehead atoms. The first-order valence-electron chi connectivity index (χ1n) is 22.6. The minimum absolute atomic E-state index is 0.0313. The van der Waals surface area contributed by atoms with E-state index in [2.05, 4.69) is 38.2 Å². The highest BCUT2D eigenvalue weighted by Crippen LogP contribution is 2.43. The van der Waals surface area contributed by atoms with Gasteiger partial charge in [0.1, 0.15) is 19.8 Å². The van der Waals surface area contributed by atoms with Gasteiger partial charge < -0.3 is 18.9 Å². The topological polar surface area (TPSA) is 108 Å². The molecule has 0 heterocycles. The number of phosphoric acid groups is 1. The van der Waals surface area contributed by atoms with E-state index in [1.165, 1.54) is 109 Å². The number of esters is 2. The molecular weight excluding hydrogens is 713 g/mol. The lowest BCUT2D eigenvalue weighted by Gasteiger charge is -2.24. The number of rotatable bonds is 41. The van der Waals surface area contributed by atoms with Crippen molar-refractivity contribution in [2.24, 2.45) is 0 Å². The summed E-state index contributed by atoms with van der Waals surface area (Å²) in [6.07, 6.45) is 40.7. The van der Waals surface area contributed by atoms with E-state index < -0.39 is 26.5 Å². The summed E-state index contributed by atoms with van der Waals surface area (Å²) in [4.78, 5) is 35.4. The standard InChI is InChI=1S/C45H86NO8P/c1-6-8-10-12-14-16-18-20-22-23-24-26-28-30-32-34-36-38-45(48)54-43(42-53-55(49,50)52-40-39-46(3,4)5)41-51-44(47)37-35-33-31-29-27-25-21-19-17-15-13-11-9-7-2/h13,15,19,21,43H,6-12,14,16-18,20,22-42H2,1-5H3/p+1/b15-13-,21-19-/t43-/m1/s1. The predicted molar refractivity (Wildman–Crippen MR) is 229 cm³/mol. The number of likely N-dealkylation sites (N-methyl/N-ethyl adjacent to an activating group) is 1. The Morgan fingerprint density at radius 3 is 1.49 bits per heavy atom. The predicted octanol–water partition coefficient (Wildman–Crippen LogP) is 12.7. The van der Waals surface area contributed by atoms with E-state index in [-0.39, 0.29) is 32.0 Å². The van der Waals surface area contributed by atoms with Crippen LogP contribution in [-0.4, -0.2) is 74.9 Å². The maximum atomic E-state index is 12.7. The molecule has 9 nitrogen and oxygen atoms in total. The molecular formula is C45H87NO8P+. The first kappa shape index (κ1) is 53.5. The molecule has 0 rings (SSSR count). The van der Waals surface area contributed by atoms with Crippen molar-refractivity contribution in [3.05, 3.63) is 24.3 Å². The van der Waals surface area contributed by atoms with Gasteiger partial charge in [-0.05, 0) is 38.5 Å². The van der Waals surface area contributed by atoms with Crippen molar-refractivity contribution in [3.63, 3.8) is 0 Å². The van der Waals surface area contributed by atoms with E-state index in [4.69, 9.17) is 18.5 Å². The number of phosphoric ester groups is 1. The summed E-state index contributed by atoms with van der Waals surface area (Å²) < 4.78 is 34.3. The number of unbranched alkanes of at least 4 members (excludes halogenated alkanes) is 23. The van der Waals surface area contributed by atoms with Crippen LogP contribution in [0.15, 0.2) is 24.3 Å². The molecule has 10 heteroatoms. The Morgan fingerprint density at radius 1 is 0.564 bits per heavy atom. The van der Waals surface area contributed by atoms with E-state index in [0.29, 0.717) is 17.4 Å². The summed E-state index contributed by atoms with van der Waals surface area (Å²) in [7, 11) is 1.47. The van der Waals surface area contributed by atoms with Crippen molar-refractivity contribution in [2.75, 3.05) is 47.5 Å². The van der Waals surface area contributed by atoms with Crippen LogP contribution in [0.3, 0.4) is 0 Å². The first-order valence-corrected chi connectivity index (χ1v) is 24.1. The normalized spacial score (nSPS) is 13.8. The van der Waals surface area contributed by atoms with Crippen LogP contribution in [0.25, 0.3) is 0 Å². The lowest BCUT2D eigenvalue weighted by Crippen LogP contribution is -2.37. The van der Waals surface area contributed by atoms with E-state index in [1.54, 1.807) is 0 Å². The number of nitrogens with zero attached hydrogens (tertiary/aromatic N) is 1. The molecule has 2 atom stereocenters. The van der Waals surface area contributed by atoms with E-state index in [9.17, 15) is 19.0 Å². The van der Waals surface area contributed by atoms with Gasteiger partial charge in [-0.25, -0.2) is 4.57 Å². The van der Waals surface area contributed by atoms with Gasteiger partial charge in [-0.3, -0.25) is 18.6 Å². The molecule has 324 valence electrons. The molecule has 0 saturated carbocycles. The molecule has 0 aromatic rings.